The van der Waals surface area contributed by atoms with Gasteiger partial charge in [0.15, 0.2) is 0 Å². The molecule has 0 unspecified atom stereocenters. The normalized spacial score (nSPS) is 11.1. The molecule has 0 saturated carbocycles. The number of H-pyrrole nitrogens is 1. The van der Waals surface area contributed by atoms with E-state index in [1.165, 1.54) is 15.9 Å². The molecule has 0 aliphatic rings. The van der Waals surface area contributed by atoms with E-state index in [9.17, 15) is 10.1 Å². The second kappa shape index (κ2) is 5.38. The van der Waals surface area contributed by atoms with Crippen molar-refractivity contribution in [1.82, 2.24) is 14.5 Å². The quantitative estimate of drug-likeness (QED) is 0.630. The minimum atomic E-state index is -0.138. The van der Waals surface area contributed by atoms with Gasteiger partial charge >= 0.3 is 0 Å². The van der Waals surface area contributed by atoms with Gasteiger partial charge in [-0.15, -0.1) is 11.3 Å². The number of rotatable bonds is 3. The van der Waals surface area contributed by atoms with Gasteiger partial charge < -0.3 is 4.98 Å². The van der Waals surface area contributed by atoms with Crippen molar-refractivity contribution in [2.45, 2.75) is 13.0 Å². The third-order valence-corrected chi connectivity index (χ3v) is 4.84. The fourth-order valence-electron chi connectivity index (χ4n) is 2.81. The Morgan fingerprint density at radius 1 is 1.30 bits per heavy atom. The highest BCUT2D eigenvalue weighted by Crippen LogP contribution is 2.19. The fourth-order valence-corrected chi connectivity index (χ4v) is 3.59. The van der Waals surface area contributed by atoms with E-state index in [1.54, 1.807) is 6.07 Å². The van der Waals surface area contributed by atoms with Gasteiger partial charge in [0.05, 0.1) is 5.52 Å². The second-order valence-corrected chi connectivity index (χ2v) is 6.16. The SMILES string of the molecule is N#Cc1nc2ccsc2c(=O)n1CCc1c[nH]c2ccccc12. The lowest BCUT2D eigenvalue weighted by Gasteiger charge is -2.07. The first-order chi connectivity index (χ1) is 11.3. The van der Waals surface area contributed by atoms with Crippen LogP contribution < -0.4 is 5.56 Å². The van der Waals surface area contributed by atoms with E-state index in [-0.39, 0.29) is 11.4 Å². The number of benzene rings is 1. The van der Waals surface area contributed by atoms with E-state index in [1.807, 2.05) is 35.8 Å². The third-order valence-electron chi connectivity index (χ3n) is 3.95. The highest BCUT2D eigenvalue weighted by atomic mass is 32.1. The highest BCUT2D eigenvalue weighted by Gasteiger charge is 2.12. The highest BCUT2D eigenvalue weighted by molar-refractivity contribution is 7.17. The lowest BCUT2D eigenvalue weighted by molar-refractivity contribution is 0.655. The van der Waals surface area contributed by atoms with Gasteiger partial charge in [-0.25, -0.2) is 4.98 Å². The van der Waals surface area contributed by atoms with Gasteiger partial charge in [-0.05, 0) is 29.5 Å². The number of nitrogens with zero attached hydrogens (tertiary/aromatic N) is 3. The molecule has 23 heavy (non-hydrogen) atoms. The monoisotopic (exact) mass is 320 g/mol. The molecule has 0 spiro atoms. The van der Waals surface area contributed by atoms with Crippen molar-refractivity contribution in [3.05, 3.63) is 63.7 Å². The van der Waals surface area contributed by atoms with Gasteiger partial charge in [-0.3, -0.25) is 9.36 Å². The van der Waals surface area contributed by atoms with Crippen LogP contribution in [0.5, 0.6) is 0 Å². The molecule has 0 fully saturated rings. The molecule has 5 nitrogen and oxygen atoms in total. The van der Waals surface area contributed by atoms with Crippen molar-refractivity contribution >= 4 is 32.5 Å². The largest absolute Gasteiger partial charge is 0.361 e. The number of aromatic nitrogens is 3. The number of para-hydroxylation sites is 1. The molecule has 0 amide bonds. The molecule has 0 radical (unpaired) electrons. The molecule has 0 aliphatic heterocycles. The van der Waals surface area contributed by atoms with Crippen molar-refractivity contribution in [2.24, 2.45) is 0 Å². The van der Waals surface area contributed by atoms with Crippen LogP contribution in [0, 0.1) is 11.3 Å². The molecule has 0 aliphatic carbocycles. The summed E-state index contributed by atoms with van der Waals surface area (Å²) >= 11 is 1.36. The Morgan fingerprint density at radius 2 is 2.17 bits per heavy atom. The first-order valence-corrected chi connectivity index (χ1v) is 8.09. The molecular weight excluding hydrogens is 308 g/mol. The van der Waals surface area contributed by atoms with Crippen LogP contribution in [-0.4, -0.2) is 14.5 Å². The third kappa shape index (κ3) is 2.22. The van der Waals surface area contributed by atoms with Gasteiger partial charge in [0.25, 0.3) is 5.56 Å². The van der Waals surface area contributed by atoms with E-state index >= 15 is 0 Å². The second-order valence-electron chi connectivity index (χ2n) is 5.25. The Balaban J connectivity index is 1.74. The van der Waals surface area contributed by atoms with Crippen LogP contribution in [0.25, 0.3) is 21.1 Å². The van der Waals surface area contributed by atoms with Crippen LogP contribution in [0.2, 0.25) is 0 Å². The van der Waals surface area contributed by atoms with E-state index in [0.717, 1.165) is 16.5 Å². The summed E-state index contributed by atoms with van der Waals surface area (Å²) < 4.78 is 2.07. The summed E-state index contributed by atoms with van der Waals surface area (Å²) in [5.74, 6) is 0.167. The maximum absolute atomic E-state index is 12.6. The maximum Gasteiger partial charge on any atom is 0.272 e. The van der Waals surface area contributed by atoms with Crippen LogP contribution in [0.1, 0.15) is 11.4 Å². The van der Waals surface area contributed by atoms with Crippen molar-refractivity contribution in [3.63, 3.8) is 0 Å². The fraction of sp³-hybridized carbons (Fsp3) is 0.118. The molecule has 0 atom stereocenters. The Morgan fingerprint density at radius 3 is 3.04 bits per heavy atom. The molecule has 1 aromatic carbocycles. The van der Waals surface area contributed by atoms with E-state index in [0.29, 0.717) is 23.2 Å². The first-order valence-electron chi connectivity index (χ1n) is 7.21. The van der Waals surface area contributed by atoms with Crippen molar-refractivity contribution in [3.8, 4) is 6.07 Å². The van der Waals surface area contributed by atoms with Crippen LogP contribution >= 0.6 is 11.3 Å². The van der Waals surface area contributed by atoms with Crippen molar-refractivity contribution in [1.29, 1.82) is 5.26 Å². The molecule has 112 valence electrons. The zero-order chi connectivity index (χ0) is 15.8. The molecule has 1 N–H and O–H groups in total. The average Bonchev–Trinajstić information content (AvgIpc) is 3.20. The molecule has 4 rings (SSSR count). The molecule has 0 bridgehead atoms. The van der Waals surface area contributed by atoms with E-state index in [2.05, 4.69) is 16.0 Å². The van der Waals surface area contributed by atoms with Crippen LogP contribution in [0.15, 0.2) is 46.7 Å². The van der Waals surface area contributed by atoms with Gasteiger partial charge in [0.1, 0.15) is 10.8 Å². The van der Waals surface area contributed by atoms with Gasteiger partial charge in [0, 0.05) is 23.6 Å². The summed E-state index contributed by atoms with van der Waals surface area (Å²) in [6.07, 6.45) is 2.62. The number of nitrogens with one attached hydrogen (secondary N) is 1. The Hall–Kier alpha value is -2.91. The minimum absolute atomic E-state index is 0.138. The zero-order valence-corrected chi connectivity index (χ0v) is 12.9. The predicted molar refractivity (Wildman–Crippen MR) is 90.6 cm³/mol. The molecular formula is C17H12N4OS. The average molecular weight is 320 g/mol. The summed E-state index contributed by atoms with van der Waals surface area (Å²) in [5.41, 5.74) is 2.66. The molecule has 6 heteroatoms. The molecule has 3 aromatic heterocycles. The zero-order valence-electron chi connectivity index (χ0n) is 12.1. The van der Waals surface area contributed by atoms with Crippen LogP contribution in [-0.2, 0) is 13.0 Å². The summed E-state index contributed by atoms with van der Waals surface area (Å²) in [7, 11) is 0. The number of fused-ring (bicyclic) bond motifs is 2. The minimum Gasteiger partial charge on any atom is -0.361 e. The first kappa shape index (κ1) is 13.7. The summed E-state index contributed by atoms with van der Waals surface area (Å²) in [4.78, 5) is 20.1. The molecule has 0 saturated heterocycles. The summed E-state index contributed by atoms with van der Waals surface area (Å²) in [6.45, 7) is 0.435. The van der Waals surface area contributed by atoms with E-state index in [4.69, 9.17) is 0 Å². The predicted octanol–water partition coefficient (Wildman–Crippen LogP) is 3.05. The summed E-state index contributed by atoms with van der Waals surface area (Å²) in [5, 5.41) is 12.3. The summed E-state index contributed by atoms with van der Waals surface area (Å²) in [6, 6.07) is 11.8. The lowest BCUT2D eigenvalue weighted by Crippen LogP contribution is -2.24. The standard InChI is InChI=1S/C17H12N4OS/c18-9-15-20-14-6-8-23-16(14)17(22)21(15)7-5-11-10-19-13-4-2-1-3-12(11)13/h1-4,6,8,10,19H,5,7H2. The number of aromatic amines is 1. The van der Waals surface area contributed by atoms with Gasteiger partial charge in [0.2, 0.25) is 5.82 Å². The Labute approximate surface area is 135 Å². The number of aryl methyl sites for hydroxylation is 1. The van der Waals surface area contributed by atoms with Gasteiger partial charge in [-0.1, -0.05) is 18.2 Å². The van der Waals surface area contributed by atoms with E-state index < -0.39 is 0 Å². The van der Waals surface area contributed by atoms with Gasteiger partial charge in [-0.2, -0.15) is 5.26 Å². The number of thiophene rings is 1. The maximum atomic E-state index is 12.6. The molecule has 3 heterocycles. The molecule has 4 aromatic rings. The Bertz CT molecular complexity index is 1110. The smallest absolute Gasteiger partial charge is 0.272 e. The lowest BCUT2D eigenvalue weighted by atomic mass is 10.1. The number of hydrogen-bond acceptors (Lipinski definition) is 4. The van der Waals surface area contributed by atoms with Crippen LogP contribution in [0.3, 0.4) is 0 Å². The number of nitriles is 1. The van der Waals surface area contributed by atoms with Crippen molar-refractivity contribution < 1.29 is 0 Å². The Kier molecular flexibility index (Phi) is 3.21. The van der Waals surface area contributed by atoms with Crippen molar-refractivity contribution in [2.75, 3.05) is 0 Å². The van der Waals surface area contributed by atoms with Crippen LogP contribution in [0.4, 0.5) is 0 Å². The number of hydrogen-bond donors (Lipinski definition) is 1. The topological polar surface area (TPSA) is 74.5 Å².